The Morgan fingerprint density at radius 3 is 1.20 bits per heavy atom. The number of ether oxygens (including phenoxy) is 2. The number of hydrogen-bond donors (Lipinski definition) is 7. The van der Waals surface area contributed by atoms with Gasteiger partial charge in [-0.1, -0.05) is 97.1 Å². The summed E-state index contributed by atoms with van der Waals surface area (Å²) in [5.74, 6) is 3.07. The molecule has 0 fully saturated rings. The van der Waals surface area contributed by atoms with Crippen LogP contribution in [-0.2, 0) is 18.0 Å². The minimum atomic E-state index is -5.05. The second kappa shape index (κ2) is 16.6. The van der Waals surface area contributed by atoms with Gasteiger partial charge in [-0.05, 0) is 47.5 Å². The third-order valence-corrected chi connectivity index (χ3v) is 7.12. The number of hydrogen-bond acceptors (Lipinski definition) is 6. The lowest BCUT2D eigenvalue weighted by atomic mass is 9.96. The van der Waals surface area contributed by atoms with E-state index in [1.165, 1.54) is 0 Å². The molecule has 0 atom stereocenters. The maximum Gasteiger partial charge on any atom is 0.478 e. The molecule has 0 heterocycles. The molecule has 16 heteroatoms. The molecule has 0 unspecified atom stereocenters. The average molecular weight is 690 g/mol. The summed E-state index contributed by atoms with van der Waals surface area (Å²) in [6, 6.07) is 44.3. The van der Waals surface area contributed by atoms with E-state index >= 15 is 0 Å². The van der Waals surface area contributed by atoms with Gasteiger partial charge in [-0.25, -0.2) is 13.7 Å². The van der Waals surface area contributed by atoms with Crippen molar-refractivity contribution in [2.75, 3.05) is 0 Å². The van der Waals surface area contributed by atoms with Crippen LogP contribution in [0.25, 0.3) is 22.3 Å². The maximum absolute atomic E-state index is 9.63. The molecule has 5 aromatic rings. The van der Waals surface area contributed by atoms with Gasteiger partial charge >= 0.3 is 23.5 Å². The Labute approximate surface area is 263 Å². The van der Waals surface area contributed by atoms with Crippen molar-refractivity contribution in [1.29, 1.82) is 0 Å². The number of para-hydroxylation sites is 2. The Kier molecular flexibility index (Phi) is 13.2. The van der Waals surface area contributed by atoms with Crippen LogP contribution in [0, 0.1) is 0 Å². The molecule has 13 nitrogen and oxygen atoms in total. The summed E-state index contributed by atoms with van der Waals surface area (Å²) in [6.45, 7) is 0. The second-order valence-electron chi connectivity index (χ2n) is 8.95. The standard InChI is InChI=1S/C30H22O2.H4O7P2.H3O4P/c1-5-13-23(14-6-1)27-21-22-28(31-25-17-9-3-10-18-25)29(24-15-7-2-8-16-24)30(27)32-26-19-11-4-12-20-26;1-8(2,3)7-9(4,5)6;1-5(2,3)4/h1-22H;(H2,1,2,3)(H2,4,5,6);(H3,1,2,3,4). The maximum atomic E-state index is 9.63. The lowest BCUT2D eigenvalue weighted by Crippen LogP contribution is -1.96. The Balaban J connectivity index is 0.000000346. The smallest absolute Gasteiger partial charge is 0.457 e. The van der Waals surface area contributed by atoms with Crippen molar-refractivity contribution in [3.05, 3.63) is 133 Å². The van der Waals surface area contributed by atoms with Crippen LogP contribution in [0.3, 0.4) is 0 Å². The molecule has 5 aromatic carbocycles. The Morgan fingerprint density at radius 1 is 0.435 bits per heavy atom. The third kappa shape index (κ3) is 13.6. The first-order valence-corrected chi connectivity index (χ1v) is 17.6. The molecule has 0 aliphatic heterocycles. The molecule has 0 aromatic heterocycles. The van der Waals surface area contributed by atoms with Gasteiger partial charge in [-0.15, -0.1) is 0 Å². The molecule has 5 rings (SSSR count). The molecular weight excluding hydrogens is 661 g/mol. The fourth-order valence-corrected chi connectivity index (χ4v) is 4.95. The molecule has 0 saturated heterocycles. The van der Waals surface area contributed by atoms with E-state index in [2.05, 4.69) is 34.6 Å². The summed E-state index contributed by atoms with van der Waals surface area (Å²) >= 11 is 0. The fraction of sp³-hybridized carbons (Fsp3) is 0. The van der Waals surface area contributed by atoms with Crippen molar-refractivity contribution in [3.8, 4) is 45.3 Å². The van der Waals surface area contributed by atoms with E-state index < -0.39 is 23.5 Å². The largest absolute Gasteiger partial charge is 0.478 e. The van der Waals surface area contributed by atoms with Gasteiger partial charge in [0.25, 0.3) is 0 Å². The van der Waals surface area contributed by atoms with Gasteiger partial charge in [-0.2, -0.15) is 4.31 Å². The van der Waals surface area contributed by atoms with Crippen molar-refractivity contribution < 1.29 is 61.7 Å². The zero-order chi connectivity index (χ0) is 33.8. The van der Waals surface area contributed by atoms with Gasteiger partial charge in [0, 0.05) is 5.56 Å². The highest BCUT2D eigenvalue weighted by Gasteiger charge is 2.28. The molecule has 0 aliphatic rings. The molecule has 0 spiro atoms. The zero-order valence-corrected chi connectivity index (χ0v) is 26.3. The van der Waals surface area contributed by atoms with E-state index in [9.17, 15) is 9.13 Å². The van der Waals surface area contributed by atoms with Crippen molar-refractivity contribution >= 4 is 23.5 Å². The van der Waals surface area contributed by atoms with Crippen LogP contribution >= 0.6 is 23.5 Å². The van der Waals surface area contributed by atoms with Crippen LogP contribution in [0.2, 0.25) is 0 Å². The highest BCUT2D eigenvalue weighted by atomic mass is 31.3. The van der Waals surface area contributed by atoms with E-state index in [4.69, 9.17) is 48.3 Å². The Hall–Kier alpha value is -3.93. The molecular formula is C30H29O13P3. The zero-order valence-electron chi connectivity index (χ0n) is 23.6. The van der Waals surface area contributed by atoms with Crippen molar-refractivity contribution in [2.45, 2.75) is 0 Å². The van der Waals surface area contributed by atoms with Gasteiger partial charge in [0.1, 0.15) is 23.0 Å². The van der Waals surface area contributed by atoms with Crippen LogP contribution in [0.15, 0.2) is 133 Å². The first-order chi connectivity index (χ1) is 21.6. The topological polar surface area (TPSA) is 221 Å². The first-order valence-electron chi connectivity index (χ1n) is 12.9. The van der Waals surface area contributed by atoms with Crippen LogP contribution < -0.4 is 9.47 Å². The molecule has 0 bridgehead atoms. The van der Waals surface area contributed by atoms with Crippen molar-refractivity contribution in [1.82, 2.24) is 0 Å². The van der Waals surface area contributed by atoms with Gasteiger partial charge in [-0.3, -0.25) is 0 Å². The summed E-state index contributed by atoms with van der Waals surface area (Å²) in [5.41, 5.74) is 4.04. The average Bonchev–Trinajstić information content (AvgIpc) is 2.97. The summed E-state index contributed by atoms with van der Waals surface area (Å²) < 4.78 is 44.0. The molecule has 242 valence electrons. The van der Waals surface area contributed by atoms with E-state index in [-0.39, 0.29) is 0 Å². The normalized spacial score (nSPS) is 11.3. The van der Waals surface area contributed by atoms with Crippen molar-refractivity contribution in [2.24, 2.45) is 0 Å². The molecule has 0 saturated carbocycles. The molecule has 0 amide bonds. The predicted molar refractivity (Wildman–Crippen MR) is 170 cm³/mol. The number of rotatable bonds is 8. The molecule has 46 heavy (non-hydrogen) atoms. The fourth-order valence-electron chi connectivity index (χ4n) is 3.84. The van der Waals surface area contributed by atoms with E-state index in [0.717, 1.165) is 45.3 Å². The molecule has 0 radical (unpaired) electrons. The predicted octanol–water partition coefficient (Wildman–Crippen LogP) is 6.87. The summed E-state index contributed by atoms with van der Waals surface area (Å²) in [7, 11) is -14.7. The van der Waals surface area contributed by atoms with E-state index in [1.54, 1.807) is 0 Å². The molecule has 0 aliphatic carbocycles. The minimum absolute atomic E-state index is 0.744. The van der Waals surface area contributed by atoms with Crippen LogP contribution in [0.1, 0.15) is 0 Å². The SMILES string of the molecule is O=P(O)(O)O.O=P(O)(O)OP(=O)(O)O.c1ccc(Oc2ccc(-c3ccccc3)c(Oc3ccccc3)c2-c2ccccc2)cc1. The van der Waals surface area contributed by atoms with Gasteiger partial charge in [0.05, 0.1) is 5.56 Å². The van der Waals surface area contributed by atoms with Crippen LogP contribution in [0.4, 0.5) is 0 Å². The second-order valence-corrected chi connectivity index (χ2v) is 12.6. The quantitative estimate of drug-likeness (QED) is 0.0828. The highest BCUT2D eigenvalue weighted by Crippen LogP contribution is 2.54. The lowest BCUT2D eigenvalue weighted by Gasteiger charge is -2.20. The van der Waals surface area contributed by atoms with Gasteiger partial charge in [0.15, 0.2) is 0 Å². The van der Waals surface area contributed by atoms with Crippen molar-refractivity contribution in [3.63, 3.8) is 0 Å². The Morgan fingerprint density at radius 2 is 0.804 bits per heavy atom. The van der Waals surface area contributed by atoms with Gasteiger partial charge < -0.3 is 43.7 Å². The lowest BCUT2D eigenvalue weighted by molar-refractivity contribution is 0.225. The summed E-state index contributed by atoms with van der Waals surface area (Å²) in [4.78, 5) is 52.6. The Bertz CT molecular complexity index is 1780. The van der Waals surface area contributed by atoms with E-state index in [0.29, 0.717) is 0 Å². The molecule has 7 N–H and O–H groups in total. The third-order valence-electron chi connectivity index (χ3n) is 5.41. The highest BCUT2D eigenvalue weighted by molar-refractivity contribution is 7.60. The van der Waals surface area contributed by atoms with Crippen LogP contribution in [0.5, 0.6) is 23.0 Å². The number of benzene rings is 5. The van der Waals surface area contributed by atoms with Crippen LogP contribution in [-0.4, -0.2) is 34.3 Å². The monoisotopic (exact) mass is 690 g/mol. The van der Waals surface area contributed by atoms with E-state index in [1.807, 2.05) is 103 Å². The summed E-state index contributed by atoms with van der Waals surface area (Å²) in [5, 5.41) is 0. The first kappa shape index (κ1) is 36.5. The summed E-state index contributed by atoms with van der Waals surface area (Å²) in [6.07, 6.45) is 0. The van der Waals surface area contributed by atoms with Gasteiger partial charge in [0.2, 0.25) is 0 Å². The number of phosphoric acid groups is 3. The minimum Gasteiger partial charge on any atom is -0.457 e.